The molecular weight excluding hydrogens is 218 g/mol. The number of nitrogens with two attached hydrogens (primary N) is 1. The van der Waals surface area contributed by atoms with E-state index >= 15 is 0 Å². The summed E-state index contributed by atoms with van der Waals surface area (Å²) >= 11 is 0. The van der Waals surface area contributed by atoms with Gasteiger partial charge in [0.15, 0.2) is 0 Å². The zero-order chi connectivity index (χ0) is 10.4. The molecule has 0 aliphatic carbocycles. The van der Waals surface area contributed by atoms with Gasteiger partial charge in [-0.2, -0.15) is 0 Å². The van der Waals surface area contributed by atoms with Crippen molar-refractivity contribution in [1.82, 2.24) is 0 Å². The van der Waals surface area contributed by atoms with Crippen LogP contribution in [0.3, 0.4) is 0 Å². The van der Waals surface area contributed by atoms with Crippen LogP contribution in [0, 0.1) is 0 Å². The zero-order valence-electron chi connectivity index (χ0n) is 8.13. The van der Waals surface area contributed by atoms with Crippen molar-refractivity contribution in [2.45, 2.75) is 12.6 Å². The lowest BCUT2D eigenvalue weighted by Gasteiger charge is -2.08. The third-order valence-electron chi connectivity index (χ3n) is 1.72. The second-order valence-corrected chi connectivity index (χ2v) is 2.88. The topological polar surface area (TPSA) is 72.5 Å². The molecule has 0 radical (unpaired) electrons. The van der Waals surface area contributed by atoms with E-state index in [-0.39, 0.29) is 19.0 Å². The number of rotatable bonds is 4. The molecule has 5 heteroatoms. The summed E-state index contributed by atoms with van der Waals surface area (Å²) in [7, 11) is 0. The zero-order valence-corrected chi connectivity index (χ0v) is 8.94. The Morgan fingerprint density at radius 3 is 2.53 bits per heavy atom. The molecule has 0 amide bonds. The molecule has 0 aliphatic heterocycles. The number of carbonyl (C=O) groups excluding carboxylic acids is 1. The lowest BCUT2D eigenvalue weighted by molar-refractivity contribution is -0.147. The predicted octanol–water partition coefficient (Wildman–Crippen LogP) is 0.471. The van der Waals surface area contributed by atoms with E-state index in [0.717, 1.165) is 5.56 Å². The van der Waals surface area contributed by atoms with E-state index in [1.54, 1.807) is 0 Å². The second kappa shape index (κ2) is 7.23. The fourth-order valence-electron chi connectivity index (χ4n) is 0.910. The molecule has 3 N–H and O–H groups in total. The van der Waals surface area contributed by atoms with E-state index < -0.39 is 18.6 Å². The van der Waals surface area contributed by atoms with Crippen LogP contribution in [0.25, 0.3) is 0 Å². The minimum atomic E-state index is -0.946. The monoisotopic (exact) mass is 231 g/mol. The molecule has 0 spiro atoms. The Balaban J connectivity index is 0.00000196. The molecule has 0 aromatic heterocycles. The smallest absolute Gasteiger partial charge is 0.325 e. The summed E-state index contributed by atoms with van der Waals surface area (Å²) in [6.07, 6.45) is 0. The summed E-state index contributed by atoms with van der Waals surface area (Å²) in [6, 6.07) is 8.34. The number of benzene rings is 1. The van der Waals surface area contributed by atoms with Crippen molar-refractivity contribution >= 4 is 18.4 Å². The molecule has 1 aromatic carbocycles. The van der Waals surface area contributed by atoms with Crippen molar-refractivity contribution in [3.63, 3.8) is 0 Å². The highest BCUT2D eigenvalue weighted by molar-refractivity contribution is 5.85. The lowest BCUT2D eigenvalue weighted by atomic mass is 10.2. The minimum Gasteiger partial charge on any atom is -0.460 e. The van der Waals surface area contributed by atoms with Gasteiger partial charge >= 0.3 is 5.97 Å². The molecule has 1 atom stereocenters. The van der Waals surface area contributed by atoms with Crippen molar-refractivity contribution in [3.05, 3.63) is 35.9 Å². The molecular formula is C10H14ClNO3. The van der Waals surface area contributed by atoms with Crippen molar-refractivity contribution in [3.8, 4) is 0 Å². The van der Waals surface area contributed by atoms with Crippen LogP contribution < -0.4 is 5.73 Å². The van der Waals surface area contributed by atoms with Gasteiger partial charge in [-0.25, -0.2) is 0 Å². The molecule has 0 fully saturated rings. The molecule has 1 rings (SSSR count). The average molecular weight is 232 g/mol. The van der Waals surface area contributed by atoms with Crippen LogP contribution in [-0.2, 0) is 16.1 Å². The van der Waals surface area contributed by atoms with Gasteiger partial charge in [0.2, 0.25) is 0 Å². The van der Waals surface area contributed by atoms with Crippen LogP contribution in [0.4, 0.5) is 0 Å². The molecule has 0 aliphatic rings. The number of aliphatic hydroxyl groups excluding tert-OH is 1. The Labute approximate surface area is 94.5 Å². The van der Waals surface area contributed by atoms with Crippen LogP contribution in [-0.4, -0.2) is 23.7 Å². The van der Waals surface area contributed by atoms with E-state index in [9.17, 15) is 4.79 Å². The summed E-state index contributed by atoms with van der Waals surface area (Å²) in [5.41, 5.74) is 6.15. The first-order chi connectivity index (χ1) is 6.74. The van der Waals surface area contributed by atoms with Crippen molar-refractivity contribution < 1.29 is 14.6 Å². The van der Waals surface area contributed by atoms with Crippen LogP contribution in [0.1, 0.15) is 5.56 Å². The third kappa shape index (κ3) is 4.78. The van der Waals surface area contributed by atoms with E-state index in [4.69, 9.17) is 15.6 Å². The number of hydrogen-bond donors (Lipinski definition) is 2. The summed E-state index contributed by atoms with van der Waals surface area (Å²) in [5.74, 6) is -0.587. The van der Waals surface area contributed by atoms with Crippen molar-refractivity contribution in [2.75, 3.05) is 6.61 Å². The lowest BCUT2D eigenvalue weighted by Crippen LogP contribution is -2.35. The van der Waals surface area contributed by atoms with Crippen molar-refractivity contribution in [1.29, 1.82) is 0 Å². The quantitative estimate of drug-likeness (QED) is 0.739. The molecule has 1 unspecified atom stereocenters. The van der Waals surface area contributed by atoms with Gasteiger partial charge in [0.05, 0.1) is 6.61 Å². The van der Waals surface area contributed by atoms with Crippen molar-refractivity contribution in [2.24, 2.45) is 5.73 Å². The summed E-state index contributed by atoms with van der Waals surface area (Å²) in [4.78, 5) is 11.0. The van der Waals surface area contributed by atoms with E-state index in [1.807, 2.05) is 30.3 Å². The summed E-state index contributed by atoms with van der Waals surface area (Å²) in [6.45, 7) is -0.207. The maximum Gasteiger partial charge on any atom is 0.325 e. The van der Waals surface area contributed by atoms with E-state index in [1.165, 1.54) is 0 Å². The van der Waals surface area contributed by atoms with E-state index in [0.29, 0.717) is 0 Å². The van der Waals surface area contributed by atoms with Gasteiger partial charge in [0.1, 0.15) is 12.6 Å². The number of esters is 1. The van der Waals surface area contributed by atoms with Gasteiger partial charge in [-0.1, -0.05) is 30.3 Å². The van der Waals surface area contributed by atoms with Gasteiger partial charge in [-0.3, -0.25) is 4.79 Å². The summed E-state index contributed by atoms with van der Waals surface area (Å²) in [5, 5.41) is 8.58. The minimum absolute atomic E-state index is 0. The van der Waals surface area contributed by atoms with Gasteiger partial charge in [0.25, 0.3) is 0 Å². The Kier molecular flexibility index (Phi) is 6.70. The molecule has 15 heavy (non-hydrogen) atoms. The number of halogens is 1. The van der Waals surface area contributed by atoms with Crippen LogP contribution in [0.15, 0.2) is 30.3 Å². The van der Waals surface area contributed by atoms with Crippen LogP contribution >= 0.6 is 12.4 Å². The Hall–Kier alpha value is -1.10. The summed E-state index contributed by atoms with van der Waals surface area (Å²) < 4.78 is 4.86. The normalized spacial score (nSPS) is 11.3. The van der Waals surface area contributed by atoms with Gasteiger partial charge in [0, 0.05) is 0 Å². The van der Waals surface area contributed by atoms with E-state index in [2.05, 4.69) is 0 Å². The second-order valence-electron chi connectivity index (χ2n) is 2.88. The SMILES string of the molecule is Cl.NC(CO)C(=O)OCc1ccccc1. The predicted molar refractivity (Wildman–Crippen MR) is 58.5 cm³/mol. The number of aliphatic hydroxyl groups is 1. The fourth-order valence-corrected chi connectivity index (χ4v) is 0.910. The third-order valence-corrected chi connectivity index (χ3v) is 1.72. The fraction of sp³-hybridized carbons (Fsp3) is 0.300. The first kappa shape index (κ1) is 13.9. The maximum atomic E-state index is 11.0. The molecule has 1 aromatic rings. The Morgan fingerprint density at radius 2 is 2.00 bits per heavy atom. The van der Waals surface area contributed by atoms with Gasteiger partial charge in [-0.15, -0.1) is 12.4 Å². The standard InChI is InChI=1S/C10H13NO3.ClH/c11-9(6-12)10(13)14-7-8-4-2-1-3-5-8;/h1-5,9,12H,6-7,11H2;1H. The highest BCUT2D eigenvalue weighted by Gasteiger charge is 2.12. The van der Waals surface area contributed by atoms with Crippen LogP contribution in [0.2, 0.25) is 0 Å². The van der Waals surface area contributed by atoms with Crippen LogP contribution in [0.5, 0.6) is 0 Å². The Morgan fingerprint density at radius 1 is 1.40 bits per heavy atom. The first-order valence-electron chi connectivity index (χ1n) is 4.31. The molecule has 0 saturated carbocycles. The molecule has 0 bridgehead atoms. The molecule has 0 saturated heterocycles. The number of ether oxygens (including phenoxy) is 1. The largest absolute Gasteiger partial charge is 0.460 e. The average Bonchev–Trinajstić information content (AvgIpc) is 2.26. The Bertz CT molecular complexity index is 292. The highest BCUT2D eigenvalue weighted by atomic mass is 35.5. The maximum absolute atomic E-state index is 11.0. The van der Waals surface area contributed by atoms with Gasteiger partial charge < -0.3 is 15.6 Å². The number of carbonyl (C=O) groups is 1. The number of hydrogen-bond acceptors (Lipinski definition) is 4. The molecule has 84 valence electrons. The van der Waals surface area contributed by atoms with Gasteiger partial charge in [-0.05, 0) is 5.56 Å². The molecule has 4 nitrogen and oxygen atoms in total. The first-order valence-corrected chi connectivity index (χ1v) is 4.31. The molecule has 0 heterocycles. The highest BCUT2D eigenvalue weighted by Crippen LogP contribution is 2.01.